The summed E-state index contributed by atoms with van der Waals surface area (Å²) in [4.78, 5) is 25.5. The molecule has 1 saturated heterocycles. The third-order valence-corrected chi connectivity index (χ3v) is 6.46. The lowest BCUT2D eigenvalue weighted by Gasteiger charge is -2.45. The number of carbonyl (C=O) groups is 2. The summed E-state index contributed by atoms with van der Waals surface area (Å²) in [6, 6.07) is 6.65. The Hall–Kier alpha value is -1.98. The van der Waals surface area contributed by atoms with Gasteiger partial charge >= 0.3 is 5.97 Å². The Morgan fingerprint density at radius 3 is 2.61 bits per heavy atom. The minimum atomic E-state index is -0.923. The molecule has 1 aliphatic heterocycles. The molecule has 1 saturated carbocycles. The summed E-state index contributed by atoms with van der Waals surface area (Å²) < 4.78 is 0. The van der Waals surface area contributed by atoms with Crippen molar-refractivity contribution in [3.05, 3.63) is 47.5 Å². The number of hydrogen-bond acceptors (Lipinski definition) is 4. The van der Waals surface area contributed by atoms with Gasteiger partial charge < -0.3 is 10.2 Å². The average Bonchev–Trinajstić information content (AvgIpc) is 3.01. The van der Waals surface area contributed by atoms with E-state index in [1.807, 2.05) is 24.3 Å². The lowest BCUT2D eigenvalue weighted by Crippen LogP contribution is -2.41. The number of aliphatic hydroxyl groups is 1. The third-order valence-electron chi connectivity index (χ3n) is 6.46. The fourth-order valence-corrected chi connectivity index (χ4v) is 4.55. The highest BCUT2D eigenvalue weighted by Gasteiger charge is 2.41. The van der Waals surface area contributed by atoms with Crippen LogP contribution in [-0.4, -0.2) is 52.1 Å². The van der Waals surface area contributed by atoms with Gasteiger partial charge in [0.25, 0.3) is 0 Å². The van der Waals surface area contributed by atoms with Gasteiger partial charge in [0.05, 0.1) is 17.7 Å². The number of Topliss-reactive ketones (excluding diaryl/α,β-unsaturated/α-hetero) is 1. The van der Waals surface area contributed by atoms with E-state index in [4.69, 9.17) is 5.11 Å². The topological polar surface area (TPSA) is 77.8 Å². The van der Waals surface area contributed by atoms with Crippen molar-refractivity contribution in [1.82, 2.24) is 4.90 Å². The van der Waals surface area contributed by atoms with E-state index in [0.717, 1.165) is 50.8 Å². The van der Waals surface area contributed by atoms with Crippen molar-refractivity contribution in [1.29, 1.82) is 0 Å². The molecule has 0 spiro atoms. The van der Waals surface area contributed by atoms with Crippen molar-refractivity contribution in [2.45, 2.75) is 64.0 Å². The number of nitrogens with zero attached hydrogens (tertiary/aromatic N) is 1. The van der Waals surface area contributed by atoms with Gasteiger partial charge in [0.1, 0.15) is 0 Å². The van der Waals surface area contributed by atoms with Crippen molar-refractivity contribution < 1.29 is 19.8 Å². The first kappa shape index (κ1) is 20.7. The molecule has 1 aromatic rings. The Kier molecular flexibility index (Phi) is 6.68. The van der Waals surface area contributed by atoms with Crippen molar-refractivity contribution in [3.63, 3.8) is 0 Å². The molecule has 2 N–H and O–H groups in total. The van der Waals surface area contributed by atoms with E-state index in [0.29, 0.717) is 6.42 Å². The van der Waals surface area contributed by atoms with Crippen LogP contribution in [0.2, 0.25) is 0 Å². The molecule has 5 heteroatoms. The first-order valence-electron chi connectivity index (χ1n) is 10.4. The smallest absolute Gasteiger partial charge is 0.335 e. The minimum absolute atomic E-state index is 0.0175. The molecule has 0 radical (unpaired) electrons. The van der Waals surface area contributed by atoms with Gasteiger partial charge in [-0.3, -0.25) is 9.69 Å². The zero-order chi connectivity index (χ0) is 20.1. The van der Waals surface area contributed by atoms with Gasteiger partial charge in [0.2, 0.25) is 0 Å². The van der Waals surface area contributed by atoms with Crippen LogP contribution in [0.25, 0.3) is 0 Å². The summed E-state index contributed by atoms with van der Waals surface area (Å²) in [5, 5.41) is 19.7. The highest BCUT2D eigenvalue weighted by molar-refractivity contribution is 5.88. The molecule has 2 fully saturated rings. The van der Waals surface area contributed by atoms with Crippen LogP contribution in [0.5, 0.6) is 0 Å². The molecule has 0 bridgehead atoms. The van der Waals surface area contributed by atoms with E-state index in [9.17, 15) is 14.7 Å². The number of benzene rings is 1. The molecule has 0 aromatic heterocycles. The van der Waals surface area contributed by atoms with Crippen molar-refractivity contribution in [2.24, 2.45) is 5.41 Å². The molecule has 1 aromatic carbocycles. The number of carboxylic acids is 1. The van der Waals surface area contributed by atoms with Gasteiger partial charge in [-0.15, -0.1) is 0 Å². The number of carboxylic acid groups (broad SMARTS) is 1. The second-order valence-electron chi connectivity index (χ2n) is 8.24. The van der Waals surface area contributed by atoms with E-state index >= 15 is 0 Å². The largest absolute Gasteiger partial charge is 0.478 e. The Bertz CT molecular complexity index is 721. The lowest BCUT2D eigenvalue weighted by atomic mass is 9.62. The average molecular weight is 386 g/mol. The fourth-order valence-electron chi connectivity index (χ4n) is 4.55. The highest BCUT2D eigenvalue weighted by Crippen LogP contribution is 2.48. The first-order chi connectivity index (χ1) is 13.4. The van der Waals surface area contributed by atoms with Crippen LogP contribution >= 0.6 is 0 Å². The molecule has 2 aliphatic rings. The number of aliphatic hydroxyl groups excluding tert-OH is 1. The van der Waals surface area contributed by atoms with Crippen LogP contribution in [-0.2, 0) is 11.2 Å². The van der Waals surface area contributed by atoms with E-state index < -0.39 is 12.1 Å². The molecule has 5 nitrogen and oxygen atoms in total. The van der Waals surface area contributed by atoms with E-state index in [-0.39, 0.29) is 22.8 Å². The van der Waals surface area contributed by atoms with Gasteiger partial charge in [-0.1, -0.05) is 44.1 Å². The van der Waals surface area contributed by atoms with E-state index in [2.05, 4.69) is 11.8 Å². The van der Waals surface area contributed by atoms with Crippen LogP contribution in [0, 0.1) is 5.41 Å². The Morgan fingerprint density at radius 1 is 1.32 bits per heavy atom. The van der Waals surface area contributed by atoms with Crippen LogP contribution in [0.3, 0.4) is 0 Å². The third kappa shape index (κ3) is 4.53. The van der Waals surface area contributed by atoms with Crippen LogP contribution in [0.4, 0.5) is 0 Å². The molecule has 1 heterocycles. The number of carbonyl (C=O) groups excluding carboxylic acids is 1. The van der Waals surface area contributed by atoms with Crippen LogP contribution in [0.1, 0.15) is 61.4 Å². The zero-order valence-electron chi connectivity index (χ0n) is 16.6. The minimum Gasteiger partial charge on any atom is -0.478 e. The highest BCUT2D eigenvalue weighted by atomic mass is 16.4. The SMILES string of the molecule is CCCC1([C@H](O)C=C[C@@H]2C(=O)CCN2CCc2ccc(C(=O)O)cc2)CCC1. The number of ketones is 1. The maximum absolute atomic E-state index is 12.3. The lowest BCUT2D eigenvalue weighted by molar-refractivity contribution is -0.118. The molecular weight excluding hydrogens is 354 g/mol. The summed E-state index contributed by atoms with van der Waals surface area (Å²) in [6.07, 6.45) is 10.0. The summed E-state index contributed by atoms with van der Waals surface area (Å²) in [5.41, 5.74) is 1.36. The quantitative estimate of drug-likeness (QED) is 0.637. The standard InChI is InChI=1S/C23H31NO4/c1-2-12-23(13-3-14-23)21(26)9-8-19-20(25)11-16-24(19)15-10-17-4-6-18(7-5-17)22(27)28/h4-9,19,21,26H,2-3,10-16H2,1H3,(H,27,28)/t19-,21-/m1/s1. The van der Waals surface area contributed by atoms with E-state index in [1.165, 1.54) is 6.42 Å². The molecule has 3 rings (SSSR count). The second kappa shape index (κ2) is 9.01. The number of aromatic carboxylic acids is 1. The molecule has 2 atom stereocenters. The number of rotatable bonds is 9. The van der Waals surface area contributed by atoms with E-state index in [1.54, 1.807) is 12.1 Å². The van der Waals surface area contributed by atoms with Gasteiger partial charge in [0.15, 0.2) is 5.78 Å². The maximum atomic E-state index is 12.3. The van der Waals surface area contributed by atoms with Gasteiger partial charge in [-0.2, -0.15) is 0 Å². The molecular formula is C23H31NO4. The van der Waals surface area contributed by atoms with Crippen LogP contribution in [0.15, 0.2) is 36.4 Å². The predicted octanol–water partition coefficient (Wildman–Crippen LogP) is 3.46. The van der Waals surface area contributed by atoms with Gasteiger partial charge in [0, 0.05) is 19.5 Å². The normalized spacial score (nSPS) is 23.1. The maximum Gasteiger partial charge on any atom is 0.335 e. The summed E-state index contributed by atoms with van der Waals surface area (Å²) in [7, 11) is 0. The summed E-state index contributed by atoms with van der Waals surface area (Å²) in [5.74, 6) is -0.712. The molecule has 0 amide bonds. The first-order valence-corrected chi connectivity index (χ1v) is 10.4. The Morgan fingerprint density at radius 2 is 2.04 bits per heavy atom. The van der Waals surface area contributed by atoms with Crippen molar-refractivity contribution >= 4 is 11.8 Å². The zero-order valence-corrected chi connectivity index (χ0v) is 16.6. The molecule has 1 aliphatic carbocycles. The number of hydrogen-bond donors (Lipinski definition) is 2. The monoisotopic (exact) mass is 385 g/mol. The van der Waals surface area contributed by atoms with Gasteiger partial charge in [-0.25, -0.2) is 4.79 Å². The molecule has 0 unspecified atom stereocenters. The summed E-state index contributed by atoms with van der Waals surface area (Å²) in [6.45, 7) is 3.63. The fraction of sp³-hybridized carbons (Fsp3) is 0.565. The Labute approximate surface area is 167 Å². The van der Waals surface area contributed by atoms with Crippen LogP contribution < -0.4 is 0 Å². The van der Waals surface area contributed by atoms with Crippen molar-refractivity contribution in [3.8, 4) is 0 Å². The summed E-state index contributed by atoms with van der Waals surface area (Å²) >= 11 is 0. The second-order valence-corrected chi connectivity index (χ2v) is 8.24. The van der Waals surface area contributed by atoms with Gasteiger partial charge in [-0.05, 0) is 48.8 Å². The molecule has 152 valence electrons. The van der Waals surface area contributed by atoms with Crippen molar-refractivity contribution in [2.75, 3.05) is 13.1 Å². The number of likely N-dealkylation sites (tertiary alicyclic amines) is 1. The molecule has 28 heavy (non-hydrogen) atoms. The predicted molar refractivity (Wildman–Crippen MR) is 108 cm³/mol. The Balaban J connectivity index is 1.59.